The molecule has 2 aliphatic rings. The van der Waals surface area contributed by atoms with Gasteiger partial charge in [-0.05, 0) is 49.1 Å². The molecule has 122 valence electrons. The van der Waals surface area contributed by atoms with Crippen LogP contribution in [0.15, 0.2) is 12.1 Å². The van der Waals surface area contributed by atoms with E-state index in [9.17, 15) is 14.9 Å². The molecule has 0 atom stereocenters. The molecule has 0 aromatic carbocycles. The van der Waals surface area contributed by atoms with Crippen molar-refractivity contribution in [1.29, 1.82) is 0 Å². The Morgan fingerprint density at radius 3 is 2.55 bits per heavy atom. The second-order valence-electron chi connectivity index (χ2n) is 5.93. The Labute approximate surface area is 135 Å². The summed E-state index contributed by atoms with van der Waals surface area (Å²) in [6.07, 6.45) is 4.58. The summed E-state index contributed by atoms with van der Waals surface area (Å²) >= 11 is 0. The van der Waals surface area contributed by atoms with Crippen LogP contribution < -0.4 is 5.32 Å². The molecule has 0 unspecified atom stereocenters. The number of carbonyl (C=O) groups excluding carboxylic acids is 1. The fourth-order valence-electron chi connectivity index (χ4n) is 2.73. The highest BCUT2D eigenvalue weighted by atomic mass is 35.5. The van der Waals surface area contributed by atoms with E-state index in [4.69, 9.17) is 0 Å². The summed E-state index contributed by atoms with van der Waals surface area (Å²) in [5.41, 5.74) is 0.297. The molecule has 3 rings (SSSR count). The predicted molar refractivity (Wildman–Crippen MR) is 84.3 cm³/mol. The Kier molecular flexibility index (Phi) is 5.42. The zero-order valence-electron chi connectivity index (χ0n) is 12.3. The van der Waals surface area contributed by atoms with Gasteiger partial charge in [0.15, 0.2) is 5.69 Å². The molecule has 8 heteroatoms. The summed E-state index contributed by atoms with van der Waals surface area (Å²) in [5, 5.41) is 14.2. The minimum Gasteiger partial charge on any atom is -0.358 e. The molecule has 1 aromatic heterocycles. The highest BCUT2D eigenvalue weighted by Crippen LogP contribution is 2.28. The van der Waals surface area contributed by atoms with Crippen LogP contribution in [-0.4, -0.2) is 46.4 Å². The van der Waals surface area contributed by atoms with Crippen LogP contribution in [0, 0.1) is 16.0 Å². The van der Waals surface area contributed by atoms with E-state index in [0.717, 1.165) is 25.3 Å². The van der Waals surface area contributed by atoms with Crippen molar-refractivity contribution in [2.24, 2.45) is 5.92 Å². The first kappa shape index (κ1) is 16.8. The molecule has 2 N–H and O–H groups in total. The Hall–Kier alpha value is -1.60. The predicted octanol–water partition coefficient (Wildman–Crippen LogP) is 1.95. The number of nitrogens with zero attached hydrogens (tertiary/aromatic N) is 2. The quantitative estimate of drug-likeness (QED) is 0.638. The lowest BCUT2D eigenvalue weighted by Crippen LogP contribution is -2.45. The molecule has 7 nitrogen and oxygen atoms in total. The lowest BCUT2D eigenvalue weighted by molar-refractivity contribution is -0.389. The maximum atomic E-state index is 12.3. The standard InChI is InChI=1S/C14H20N4O3.ClH/c19-14(12-3-4-13(16-12)18(20)21)17-7-5-11(6-8-17)15-9-10-1-2-10;/h3-4,10-11,15-16H,1-2,5-9H2;1H. The van der Waals surface area contributed by atoms with Gasteiger partial charge in [0, 0.05) is 25.2 Å². The number of nitrogens with one attached hydrogen (secondary N) is 2. The molecule has 0 radical (unpaired) electrons. The largest absolute Gasteiger partial charge is 0.358 e. The Morgan fingerprint density at radius 2 is 2.00 bits per heavy atom. The first-order chi connectivity index (χ1) is 10.1. The summed E-state index contributed by atoms with van der Waals surface area (Å²) in [4.78, 5) is 26.7. The number of nitro groups is 1. The summed E-state index contributed by atoms with van der Waals surface area (Å²) in [5.74, 6) is 0.576. The summed E-state index contributed by atoms with van der Waals surface area (Å²) in [6.45, 7) is 2.50. The SMILES string of the molecule is Cl.O=C(c1ccc([N+](=O)[O-])[nH]1)N1CCC(NCC2CC2)CC1. The summed E-state index contributed by atoms with van der Waals surface area (Å²) < 4.78 is 0. The van der Waals surface area contributed by atoms with Crippen LogP contribution in [0.25, 0.3) is 0 Å². The molecule has 1 aliphatic carbocycles. The molecule has 22 heavy (non-hydrogen) atoms. The van der Waals surface area contributed by atoms with Crippen LogP contribution in [0.3, 0.4) is 0 Å². The smallest absolute Gasteiger partial charge is 0.321 e. The number of halogens is 1. The fraction of sp³-hybridized carbons (Fsp3) is 0.643. The fourth-order valence-corrected chi connectivity index (χ4v) is 2.73. The van der Waals surface area contributed by atoms with Gasteiger partial charge < -0.3 is 20.3 Å². The molecular weight excluding hydrogens is 308 g/mol. The Morgan fingerprint density at radius 1 is 1.32 bits per heavy atom. The zero-order valence-corrected chi connectivity index (χ0v) is 13.1. The number of hydrogen-bond acceptors (Lipinski definition) is 4. The highest BCUT2D eigenvalue weighted by molar-refractivity contribution is 5.93. The first-order valence-corrected chi connectivity index (χ1v) is 7.49. The van der Waals surface area contributed by atoms with E-state index in [0.29, 0.717) is 24.8 Å². The van der Waals surface area contributed by atoms with Gasteiger partial charge in [-0.1, -0.05) is 0 Å². The lowest BCUT2D eigenvalue weighted by atomic mass is 10.0. The third kappa shape index (κ3) is 3.98. The summed E-state index contributed by atoms with van der Waals surface area (Å²) in [6, 6.07) is 3.31. The zero-order chi connectivity index (χ0) is 14.8. The molecule has 1 saturated heterocycles. The molecule has 1 saturated carbocycles. The van der Waals surface area contributed by atoms with E-state index in [1.54, 1.807) is 4.90 Å². The van der Waals surface area contributed by atoms with Crippen molar-refractivity contribution in [3.05, 3.63) is 27.9 Å². The summed E-state index contributed by atoms with van der Waals surface area (Å²) in [7, 11) is 0. The number of piperidine rings is 1. The second-order valence-corrected chi connectivity index (χ2v) is 5.93. The Balaban J connectivity index is 0.00000176. The van der Waals surface area contributed by atoms with E-state index in [2.05, 4.69) is 10.3 Å². The van der Waals surface area contributed by atoms with Gasteiger partial charge in [-0.25, -0.2) is 4.98 Å². The van der Waals surface area contributed by atoms with E-state index in [1.165, 1.54) is 25.0 Å². The van der Waals surface area contributed by atoms with Gasteiger partial charge in [-0.2, -0.15) is 0 Å². The number of carbonyl (C=O) groups is 1. The average molecular weight is 329 g/mol. The molecule has 2 fully saturated rings. The third-order valence-electron chi connectivity index (χ3n) is 4.27. The normalized spacial score (nSPS) is 18.8. The monoisotopic (exact) mass is 328 g/mol. The molecule has 0 bridgehead atoms. The number of hydrogen-bond donors (Lipinski definition) is 2. The first-order valence-electron chi connectivity index (χ1n) is 7.49. The van der Waals surface area contributed by atoms with Crippen LogP contribution in [0.2, 0.25) is 0 Å². The molecule has 1 amide bonds. The topological polar surface area (TPSA) is 91.3 Å². The molecule has 1 aliphatic heterocycles. The van der Waals surface area contributed by atoms with Crippen molar-refractivity contribution in [3.8, 4) is 0 Å². The van der Waals surface area contributed by atoms with Crippen LogP contribution in [0.5, 0.6) is 0 Å². The van der Waals surface area contributed by atoms with Crippen molar-refractivity contribution < 1.29 is 9.72 Å². The van der Waals surface area contributed by atoms with Crippen molar-refractivity contribution in [2.75, 3.05) is 19.6 Å². The molecular formula is C14H21ClN4O3. The second kappa shape index (κ2) is 7.11. The number of aromatic amines is 1. The van der Waals surface area contributed by atoms with Crippen LogP contribution in [0.1, 0.15) is 36.2 Å². The number of H-pyrrole nitrogens is 1. The minimum absolute atomic E-state index is 0. The molecule has 2 heterocycles. The highest BCUT2D eigenvalue weighted by Gasteiger charge is 2.28. The maximum absolute atomic E-state index is 12.3. The number of amides is 1. The lowest BCUT2D eigenvalue weighted by Gasteiger charge is -2.31. The van der Waals surface area contributed by atoms with Crippen molar-refractivity contribution in [2.45, 2.75) is 31.7 Å². The van der Waals surface area contributed by atoms with Gasteiger partial charge in [0.05, 0.1) is 0 Å². The minimum atomic E-state index is -0.523. The third-order valence-corrected chi connectivity index (χ3v) is 4.27. The van der Waals surface area contributed by atoms with E-state index < -0.39 is 4.92 Å². The van der Waals surface area contributed by atoms with Gasteiger partial charge in [0.25, 0.3) is 5.91 Å². The van der Waals surface area contributed by atoms with Crippen LogP contribution in [0.4, 0.5) is 5.82 Å². The van der Waals surface area contributed by atoms with Gasteiger partial charge in [0.2, 0.25) is 0 Å². The number of rotatable bonds is 5. The molecule has 1 aromatic rings. The Bertz CT molecular complexity index is 536. The maximum Gasteiger partial charge on any atom is 0.321 e. The van der Waals surface area contributed by atoms with E-state index in [-0.39, 0.29) is 24.1 Å². The van der Waals surface area contributed by atoms with E-state index in [1.807, 2.05) is 0 Å². The van der Waals surface area contributed by atoms with E-state index >= 15 is 0 Å². The average Bonchev–Trinajstić information content (AvgIpc) is 3.18. The van der Waals surface area contributed by atoms with Crippen LogP contribution >= 0.6 is 12.4 Å². The van der Waals surface area contributed by atoms with Crippen molar-refractivity contribution in [1.82, 2.24) is 15.2 Å². The van der Waals surface area contributed by atoms with Gasteiger partial charge in [-0.15, -0.1) is 12.4 Å². The number of aromatic nitrogens is 1. The molecule has 0 spiro atoms. The van der Waals surface area contributed by atoms with Crippen molar-refractivity contribution in [3.63, 3.8) is 0 Å². The van der Waals surface area contributed by atoms with Gasteiger partial charge >= 0.3 is 5.82 Å². The van der Waals surface area contributed by atoms with Gasteiger partial charge in [0.1, 0.15) is 0 Å². The van der Waals surface area contributed by atoms with Gasteiger partial charge in [-0.3, -0.25) is 4.79 Å². The van der Waals surface area contributed by atoms with Crippen molar-refractivity contribution >= 4 is 24.1 Å². The number of likely N-dealkylation sites (tertiary alicyclic amines) is 1. The van der Waals surface area contributed by atoms with Crippen LogP contribution in [-0.2, 0) is 0 Å².